The smallest absolute Gasteiger partial charge is 0.119 e. The van der Waals surface area contributed by atoms with Crippen molar-refractivity contribution in [3.8, 4) is 5.75 Å². The molecule has 94 valence electrons. The molecule has 0 spiro atoms. The highest BCUT2D eigenvalue weighted by atomic mass is 16.5. The van der Waals surface area contributed by atoms with Crippen LogP contribution < -0.4 is 10.1 Å². The summed E-state index contributed by atoms with van der Waals surface area (Å²) in [5.74, 6) is 0.925. The van der Waals surface area contributed by atoms with Crippen molar-refractivity contribution in [1.82, 2.24) is 5.32 Å². The quantitative estimate of drug-likeness (QED) is 0.873. The number of benzene rings is 1. The first-order chi connectivity index (χ1) is 8.15. The van der Waals surface area contributed by atoms with Crippen LogP contribution in [-0.2, 0) is 4.74 Å². The first-order valence-corrected chi connectivity index (χ1v) is 6.27. The Hall–Kier alpha value is -1.06. The van der Waals surface area contributed by atoms with E-state index in [0.717, 1.165) is 18.9 Å². The van der Waals surface area contributed by atoms with E-state index >= 15 is 0 Å². The molecule has 2 atom stereocenters. The van der Waals surface area contributed by atoms with E-state index in [9.17, 15) is 0 Å². The minimum atomic E-state index is 0.220. The largest absolute Gasteiger partial charge is 0.491 e. The molecule has 1 aromatic carbocycles. The van der Waals surface area contributed by atoms with Crippen molar-refractivity contribution in [3.05, 3.63) is 29.8 Å². The number of ether oxygens (including phenoxy) is 2. The molecule has 0 aliphatic carbocycles. The Kier molecular flexibility index (Phi) is 4.02. The summed E-state index contributed by atoms with van der Waals surface area (Å²) >= 11 is 0. The highest BCUT2D eigenvalue weighted by Crippen LogP contribution is 2.21. The molecule has 1 aliphatic heterocycles. The normalized spacial score (nSPS) is 24.9. The lowest BCUT2D eigenvalue weighted by Crippen LogP contribution is -2.39. The van der Waals surface area contributed by atoms with Crippen LogP contribution in [0, 0.1) is 0 Å². The van der Waals surface area contributed by atoms with Crippen LogP contribution in [0.5, 0.6) is 5.75 Å². The molecule has 2 rings (SSSR count). The lowest BCUT2D eigenvalue weighted by molar-refractivity contribution is 0.0149. The SMILES string of the molecule is CC(C)Oc1ccc(C2COC(C)CN2)cc1. The molecular formula is C14H21NO2. The zero-order valence-electron chi connectivity index (χ0n) is 10.8. The van der Waals surface area contributed by atoms with Crippen molar-refractivity contribution in [2.75, 3.05) is 13.2 Å². The summed E-state index contributed by atoms with van der Waals surface area (Å²) in [6, 6.07) is 8.56. The van der Waals surface area contributed by atoms with Crippen molar-refractivity contribution >= 4 is 0 Å². The Morgan fingerprint density at radius 3 is 2.53 bits per heavy atom. The van der Waals surface area contributed by atoms with Gasteiger partial charge in [0.2, 0.25) is 0 Å². The summed E-state index contributed by atoms with van der Waals surface area (Å²) in [5, 5.41) is 3.48. The monoisotopic (exact) mass is 235 g/mol. The second kappa shape index (κ2) is 5.52. The van der Waals surface area contributed by atoms with E-state index in [0.29, 0.717) is 12.1 Å². The van der Waals surface area contributed by atoms with Crippen molar-refractivity contribution in [2.24, 2.45) is 0 Å². The van der Waals surface area contributed by atoms with Gasteiger partial charge in [0.05, 0.1) is 24.9 Å². The van der Waals surface area contributed by atoms with E-state index in [4.69, 9.17) is 9.47 Å². The fourth-order valence-electron chi connectivity index (χ4n) is 1.95. The first kappa shape index (κ1) is 12.4. The van der Waals surface area contributed by atoms with Gasteiger partial charge in [0.1, 0.15) is 5.75 Å². The van der Waals surface area contributed by atoms with Gasteiger partial charge in [0.25, 0.3) is 0 Å². The molecule has 17 heavy (non-hydrogen) atoms. The molecule has 1 aromatic rings. The second-order valence-electron chi connectivity index (χ2n) is 4.84. The van der Waals surface area contributed by atoms with E-state index in [1.54, 1.807) is 0 Å². The summed E-state index contributed by atoms with van der Waals surface area (Å²) in [6.07, 6.45) is 0.535. The maximum Gasteiger partial charge on any atom is 0.119 e. The molecule has 1 saturated heterocycles. The third-order valence-electron chi connectivity index (χ3n) is 2.85. The topological polar surface area (TPSA) is 30.5 Å². The number of nitrogens with one attached hydrogen (secondary N) is 1. The van der Waals surface area contributed by atoms with E-state index < -0.39 is 0 Å². The van der Waals surface area contributed by atoms with E-state index in [2.05, 4.69) is 24.4 Å². The minimum absolute atomic E-state index is 0.220. The molecule has 3 nitrogen and oxygen atoms in total. The number of rotatable bonds is 3. The fraction of sp³-hybridized carbons (Fsp3) is 0.571. The molecule has 0 aromatic heterocycles. The molecule has 1 aliphatic rings. The van der Waals surface area contributed by atoms with Crippen molar-refractivity contribution in [2.45, 2.75) is 39.0 Å². The van der Waals surface area contributed by atoms with Gasteiger partial charge in [-0.15, -0.1) is 0 Å². The summed E-state index contributed by atoms with van der Waals surface area (Å²) in [5.41, 5.74) is 1.26. The molecule has 0 radical (unpaired) electrons. The van der Waals surface area contributed by atoms with Gasteiger partial charge in [-0.2, -0.15) is 0 Å². The van der Waals surface area contributed by atoms with Crippen LogP contribution in [0.1, 0.15) is 32.4 Å². The number of hydrogen-bond donors (Lipinski definition) is 1. The molecular weight excluding hydrogens is 214 g/mol. The highest BCUT2D eigenvalue weighted by Gasteiger charge is 2.19. The van der Waals surface area contributed by atoms with E-state index in [1.165, 1.54) is 5.56 Å². The van der Waals surface area contributed by atoms with Crippen LogP contribution in [0.25, 0.3) is 0 Å². The maximum absolute atomic E-state index is 5.65. The molecule has 2 unspecified atom stereocenters. The van der Waals surface area contributed by atoms with Gasteiger partial charge in [-0.25, -0.2) is 0 Å². The van der Waals surface area contributed by atoms with Crippen LogP contribution in [-0.4, -0.2) is 25.4 Å². The molecule has 1 fully saturated rings. The number of morpholine rings is 1. The third kappa shape index (κ3) is 3.45. The van der Waals surface area contributed by atoms with Crippen LogP contribution in [0.3, 0.4) is 0 Å². The van der Waals surface area contributed by atoms with Crippen LogP contribution in [0.2, 0.25) is 0 Å². The van der Waals surface area contributed by atoms with Gasteiger partial charge in [0, 0.05) is 6.54 Å². The summed E-state index contributed by atoms with van der Waals surface area (Å²) < 4.78 is 11.3. The minimum Gasteiger partial charge on any atom is -0.491 e. The van der Waals surface area contributed by atoms with Gasteiger partial charge < -0.3 is 14.8 Å². The average molecular weight is 235 g/mol. The molecule has 1 heterocycles. The predicted octanol–water partition coefficient (Wildman–Crippen LogP) is 2.52. The molecule has 0 amide bonds. The van der Waals surface area contributed by atoms with Gasteiger partial charge in [-0.3, -0.25) is 0 Å². The molecule has 3 heteroatoms. The Morgan fingerprint density at radius 1 is 1.29 bits per heavy atom. The lowest BCUT2D eigenvalue weighted by Gasteiger charge is -2.28. The molecule has 0 saturated carbocycles. The zero-order valence-corrected chi connectivity index (χ0v) is 10.8. The maximum atomic E-state index is 5.65. The lowest BCUT2D eigenvalue weighted by atomic mass is 10.1. The van der Waals surface area contributed by atoms with Gasteiger partial charge >= 0.3 is 0 Å². The van der Waals surface area contributed by atoms with Crippen molar-refractivity contribution in [1.29, 1.82) is 0 Å². The first-order valence-electron chi connectivity index (χ1n) is 6.27. The van der Waals surface area contributed by atoms with Gasteiger partial charge in [0.15, 0.2) is 0 Å². The standard InChI is InChI=1S/C14H21NO2/c1-10(2)17-13-6-4-12(5-7-13)14-9-16-11(3)8-15-14/h4-7,10-11,14-15H,8-9H2,1-3H3. The Labute approximate surface area is 103 Å². The van der Waals surface area contributed by atoms with Crippen molar-refractivity contribution in [3.63, 3.8) is 0 Å². The van der Waals surface area contributed by atoms with E-state index in [1.807, 2.05) is 26.0 Å². The van der Waals surface area contributed by atoms with Gasteiger partial charge in [-0.05, 0) is 38.5 Å². The number of hydrogen-bond acceptors (Lipinski definition) is 3. The van der Waals surface area contributed by atoms with Gasteiger partial charge in [-0.1, -0.05) is 12.1 Å². The van der Waals surface area contributed by atoms with Crippen LogP contribution in [0.4, 0.5) is 0 Å². The Morgan fingerprint density at radius 2 is 2.00 bits per heavy atom. The molecule has 0 bridgehead atoms. The summed E-state index contributed by atoms with van der Waals surface area (Å²) in [4.78, 5) is 0. The van der Waals surface area contributed by atoms with Crippen molar-refractivity contribution < 1.29 is 9.47 Å². The van der Waals surface area contributed by atoms with Crippen LogP contribution in [0.15, 0.2) is 24.3 Å². The Bertz CT molecular complexity index is 340. The Balaban J connectivity index is 1.97. The fourth-order valence-corrected chi connectivity index (χ4v) is 1.95. The summed E-state index contributed by atoms with van der Waals surface area (Å²) in [7, 11) is 0. The van der Waals surface area contributed by atoms with Crippen LogP contribution >= 0.6 is 0 Å². The van der Waals surface area contributed by atoms with E-state index in [-0.39, 0.29) is 6.10 Å². The third-order valence-corrected chi connectivity index (χ3v) is 2.85. The zero-order chi connectivity index (χ0) is 12.3. The average Bonchev–Trinajstić information content (AvgIpc) is 2.30. The predicted molar refractivity (Wildman–Crippen MR) is 68.4 cm³/mol. The summed E-state index contributed by atoms with van der Waals surface area (Å²) in [6.45, 7) is 7.81. The second-order valence-corrected chi connectivity index (χ2v) is 4.84. The molecule has 1 N–H and O–H groups in total. The highest BCUT2D eigenvalue weighted by molar-refractivity contribution is 5.29.